The van der Waals surface area contributed by atoms with Crippen LogP contribution in [0, 0.1) is 5.92 Å². The molecule has 110 valence electrons. The number of likely N-dealkylation sites (tertiary alicyclic amines) is 1. The van der Waals surface area contributed by atoms with Gasteiger partial charge in [-0.15, -0.1) is 0 Å². The molecule has 0 aromatic carbocycles. The second-order valence-corrected chi connectivity index (χ2v) is 6.19. The summed E-state index contributed by atoms with van der Waals surface area (Å²) in [5.41, 5.74) is 0. The Labute approximate surface area is 117 Å². The van der Waals surface area contributed by atoms with Crippen LogP contribution < -0.4 is 5.32 Å². The monoisotopic (exact) mass is 267 g/mol. The Bertz CT molecular complexity index is 308. The van der Waals surface area contributed by atoms with Gasteiger partial charge in [0.2, 0.25) is 5.91 Å². The maximum Gasteiger partial charge on any atom is 0.241 e. The van der Waals surface area contributed by atoms with Gasteiger partial charge in [0.1, 0.15) is 0 Å². The van der Waals surface area contributed by atoms with E-state index in [0.717, 1.165) is 32.4 Å². The third kappa shape index (κ3) is 3.48. The maximum absolute atomic E-state index is 12.5. The zero-order valence-electron chi connectivity index (χ0n) is 12.7. The highest BCUT2D eigenvalue weighted by molar-refractivity contribution is 5.84. The fourth-order valence-electron chi connectivity index (χ4n) is 3.50. The molecule has 1 N–H and O–H groups in total. The van der Waals surface area contributed by atoms with E-state index < -0.39 is 0 Å². The average Bonchev–Trinajstić information content (AvgIpc) is 2.68. The van der Waals surface area contributed by atoms with E-state index in [1.807, 2.05) is 0 Å². The molecule has 4 heteroatoms. The molecule has 2 rings (SSSR count). The molecule has 1 amide bonds. The van der Waals surface area contributed by atoms with E-state index in [9.17, 15) is 4.79 Å². The predicted octanol–water partition coefficient (Wildman–Crippen LogP) is 1.66. The second-order valence-electron chi connectivity index (χ2n) is 6.19. The Kier molecular flexibility index (Phi) is 5.22. The largest absolute Gasteiger partial charge is 0.325 e. The van der Waals surface area contributed by atoms with Crippen molar-refractivity contribution in [1.82, 2.24) is 15.1 Å². The smallest absolute Gasteiger partial charge is 0.241 e. The fourth-order valence-corrected chi connectivity index (χ4v) is 3.50. The molecule has 3 atom stereocenters. The number of nitrogens with one attached hydrogen (secondary N) is 1. The van der Waals surface area contributed by atoms with Crippen LogP contribution in [0.3, 0.4) is 0 Å². The third-order valence-corrected chi connectivity index (χ3v) is 4.49. The molecule has 0 spiro atoms. The van der Waals surface area contributed by atoms with Crippen LogP contribution in [0.15, 0.2) is 0 Å². The highest BCUT2D eigenvalue weighted by atomic mass is 16.2. The van der Waals surface area contributed by atoms with Crippen molar-refractivity contribution in [3.05, 3.63) is 0 Å². The van der Waals surface area contributed by atoms with Crippen LogP contribution in [-0.4, -0.2) is 54.6 Å². The van der Waals surface area contributed by atoms with Gasteiger partial charge in [0, 0.05) is 13.1 Å². The van der Waals surface area contributed by atoms with Gasteiger partial charge in [-0.1, -0.05) is 20.3 Å². The van der Waals surface area contributed by atoms with Gasteiger partial charge in [-0.3, -0.25) is 10.1 Å². The zero-order valence-corrected chi connectivity index (χ0v) is 12.7. The normalized spacial score (nSPS) is 33.1. The molecule has 0 aliphatic carbocycles. The number of rotatable bonds is 5. The number of piperidine rings is 1. The van der Waals surface area contributed by atoms with E-state index in [-0.39, 0.29) is 12.2 Å². The average molecular weight is 267 g/mol. The minimum absolute atomic E-state index is 0.0660. The van der Waals surface area contributed by atoms with E-state index in [0.29, 0.717) is 11.8 Å². The molecule has 0 aromatic rings. The minimum atomic E-state index is 0.0660. The topological polar surface area (TPSA) is 35.6 Å². The minimum Gasteiger partial charge on any atom is -0.325 e. The Morgan fingerprint density at radius 3 is 2.79 bits per heavy atom. The lowest BCUT2D eigenvalue weighted by molar-refractivity contribution is -0.131. The highest BCUT2D eigenvalue weighted by Crippen LogP contribution is 2.22. The SMILES string of the molecule is CCCC1NC(CC)N(CC2CCCN(C)C2)C1=O. The first-order valence-corrected chi connectivity index (χ1v) is 7.90. The number of hydrogen-bond donors (Lipinski definition) is 1. The van der Waals surface area contributed by atoms with Gasteiger partial charge in [-0.05, 0) is 45.2 Å². The van der Waals surface area contributed by atoms with Crippen molar-refractivity contribution in [3.8, 4) is 0 Å². The highest BCUT2D eigenvalue weighted by Gasteiger charge is 2.38. The molecule has 2 saturated heterocycles. The lowest BCUT2D eigenvalue weighted by atomic mass is 9.97. The lowest BCUT2D eigenvalue weighted by Crippen LogP contribution is -2.44. The van der Waals surface area contributed by atoms with E-state index in [1.165, 1.54) is 19.4 Å². The molecule has 2 fully saturated rings. The van der Waals surface area contributed by atoms with Gasteiger partial charge in [-0.2, -0.15) is 0 Å². The Morgan fingerprint density at radius 2 is 2.16 bits per heavy atom. The summed E-state index contributed by atoms with van der Waals surface area (Å²) in [5, 5.41) is 3.50. The Hall–Kier alpha value is -0.610. The van der Waals surface area contributed by atoms with Gasteiger partial charge in [0.15, 0.2) is 0 Å². The predicted molar refractivity (Wildman–Crippen MR) is 77.8 cm³/mol. The van der Waals surface area contributed by atoms with Gasteiger partial charge in [0.25, 0.3) is 0 Å². The molecule has 0 saturated carbocycles. The third-order valence-electron chi connectivity index (χ3n) is 4.49. The van der Waals surface area contributed by atoms with Crippen LogP contribution in [0.5, 0.6) is 0 Å². The molecule has 0 radical (unpaired) electrons. The summed E-state index contributed by atoms with van der Waals surface area (Å²) in [7, 11) is 2.19. The van der Waals surface area contributed by atoms with Crippen molar-refractivity contribution in [3.63, 3.8) is 0 Å². The van der Waals surface area contributed by atoms with Crippen molar-refractivity contribution in [2.75, 3.05) is 26.7 Å². The summed E-state index contributed by atoms with van der Waals surface area (Å²) in [4.78, 5) is 17.0. The van der Waals surface area contributed by atoms with Gasteiger partial charge in [-0.25, -0.2) is 0 Å². The molecule has 3 unspecified atom stereocenters. The Balaban J connectivity index is 1.95. The van der Waals surface area contributed by atoms with Crippen LogP contribution in [-0.2, 0) is 4.79 Å². The van der Waals surface area contributed by atoms with Crippen LogP contribution in [0.4, 0.5) is 0 Å². The second kappa shape index (κ2) is 6.71. The lowest BCUT2D eigenvalue weighted by Gasteiger charge is -2.34. The molecule has 2 aliphatic rings. The summed E-state index contributed by atoms with van der Waals surface area (Å²) in [6, 6.07) is 0.0660. The molecule has 2 aliphatic heterocycles. The van der Waals surface area contributed by atoms with E-state index >= 15 is 0 Å². The van der Waals surface area contributed by atoms with Crippen molar-refractivity contribution in [2.24, 2.45) is 5.92 Å². The number of carbonyl (C=O) groups is 1. The first kappa shape index (κ1) is 14.8. The molecular weight excluding hydrogens is 238 g/mol. The number of nitrogens with zero attached hydrogens (tertiary/aromatic N) is 2. The van der Waals surface area contributed by atoms with Crippen molar-refractivity contribution >= 4 is 5.91 Å². The fraction of sp³-hybridized carbons (Fsp3) is 0.933. The van der Waals surface area contributed by atoms with Gasteiger partial charge < -0.3 is 9.80 Å². The maximum atomic E-state index is 12.5. The molecule has 19 heavy (non-hydrogen) atoms. The molecule has 0 aromatic heterocycles. The Morgan fingerprint density at radius 1 is 1.37 bits per heavy atom. The zero-order chi connectivity index (χ0) is 13.8. The standard InChI is InChI=1S/C15H29N3O/c1-4-7-13-15(19)18(14(5-2)16-13)11-12-8-6-9-17(3)10-12/h12-14,16H,4-11H2,1-3H3. The van der Waals surface area contributed by atoms with Crippen LogP contribution in [0.1, 0.15) is 46.0 Å². The quantitative estimate of drug-likeness (QED) is 0.823. The first-order valence-electron chi connectivity index (χ1n) is 7.90. The van der Waals surface area contributed by atoms with E-state index in [4.69, 9.17) is 0 Å². The molecular formula is C15H29N3O. The molecule has 4 nitrogen and oxygen atoms in total. The number of amides is 1. The summed E-state index contributed by atoms with van der Waals surface area (Å²) >= 11 is 0. The van der Waals surface area contributed by atoms with Crippen molar-refractivity contribution in [2.45, 2.75) is 58.2 Å². The van der Waals surface area contributed by atoms with E-state index in [2.05, 4.69) is 36.0 Å². The summed E-state index contributed by atoms with van der Waals surface area (Å²) in [6.45, 7) is 7.60. The number of carbonyl (C=O) groups excluding carboxylic acids is 1. The molecule has 0 bridgehead atoms. The molecule has 2 heterocycles. The van der Waals surface area contributed by atoms with Gasteiger partial charge >= 0.3 is 0 Å². The van der Waals surface area contributed by atoms with Crippen molar-refractivity contribution < 1.29 is 4.79 Å². The first-order chi connectivity index (χ1) is 9.15. The number of hydrogen-bond acceptors (Lipinski definition) is 3. The van der Waals surface area contributed by atoms with Crippen LogP contribution >= 0.6 is 0 Å². The summed E-state index contributed by atoms with van der Waals surface area (Å²) < 4.78 is 0. The summed E-state index contributed by atoms with van der Waals surface area (Å²) in [5.74, 6) is 0.987. The van der Waals surface area contributed by atoms with Crippen LogP contribution in [0.25, 0.3) is 0 Å². The van der Waals surface area contributed by atoms with Gasteiger partial charge in [0.05, 0.1) is 12.2 Å². The van der Waals surface area contributed by atoms with E-state index in [1.54, 1.807) is 0 Å². The van der Waals surface area contributed by atoms with Crippen molar-refractivity contribution in [1.29, 1.82) is 0 Å². The van der Waals surface area contributed by atoms with Crippen LogP contribution in [0.2, 0.25) is 0 Å². The summed E-state index contributed by atoms with van der Waals surface area (Å²) in [6.07, 6.45) is 5.84.